The van der Waals surface area contributed by atoms with Crippen LogP contribution in [0.15, 0.2) is 0 Å². The zero-order valence-electron chi connectivity index (χ0n) is 9.04. The fourth-order valence-corrected chi connectivity index (χ4v) is 2.55. The number of hydrogen-bond donors (Lipinski definition) is 1. The molecule has 0 spiro atoms. The zero-order chi connectivity index (χ0) is 10.9. The Morgan fingerprint density at radius 2 is 2.07 bits per heavy atom. The topological polar surface area (TPSA) is 54.4 Å². The third-order valence-corrected chi connectivity index (χ3v) is 2.95. The Hall–Kier alpha value is -0.860. The Balaban J connectivity index is 2.77. The van der Waals surface area contributed by atoms with Crippen molar-refractivity contribution in [3.05, 3.63) is 0 Å². The van der Waals surface area contributed by atoms with E-state index < -0.39 is 5.97 Å². The molecule has 1 aliphatic carbocycles. The van der Waals surface area contributed by atoms with E-state index in [-0.39, 0.29) is 29.5 Å². The van der Waals surface area contributed by atoms with Gasteiger partial charge >= 0.3 is 5.97 Å². The summed E-state index contributed by atoms with van der Waals surface area (Å²) in [6, 6.07) is 0. The van der Waals surface area contributed by atoms with Gasteiger partial charge in [0.05, 0.1) is 0 Å². The maximum absolute atomic E-state index is 11.6. The number of Topliss-reactive ketones (excluding diaryl/α,β-unsaturated/α-hetero) is 1. The summed E-state index contributed by atoms with van der Waals surface area (Å²) in [6.45, 7) is 6.03. The monoisotopic (exact) mass is 198 g/mol. The van der Waals surface area contributed by atoms with Gasteiger partial charge in [-0.2, -0.15) is 0 Å². The summed E-state index contributed by atoms with van der Waals surface area (Å²) < 4.78 is 0. The molecular formula is C11H18O3. The van der Waals surface area contributed by atoms with Crippen molar-refractivity contribution in [1.82, 2.24) is 0 Å². The van der Waals surface area contributed by atoms with Crippen molar-refractivity contribution in [1.29, 1.82) is 0 Å². The van der Waals surface area contributed by atoms with Crippen LogP contribution in [-0.4, -0.2) is 16.9 Å². The van der Waals surface area contributed by atoms with Gasteiger partial charge in [-0.1, -0.05) is 20.8 Å². The first-order valence-electron chi connectivity index (χ1n) is 5.07. The van der Waals surface area contributed by atoms with Gasteiger partial charge in [-0.05, 0) is 17.8 Å². The van der Waals surface area contributed by atoms with E-state index in [0.29, 0.717) is 6.42 Å². The molecule has 0 aromatic rings. The fraction of sp³-hybridized carbons (Fsp3) is 0.818. The van der Waals surface area contributed by atoms with Crippen LogP contribution in [0, 0.1) is 17.3 Å². The van der Waals surface area contributed by atoms with Crippen molar-refractivity contribution in [2.75, 3.05) is 0 Å². The van der Waals surface area contributed by atoms with E-state index in [2.05, 4.69) is 0 Å². The Labute approximate surface area is 84.5 Å². The van der Waals surface area contributed by atoms with Crippen LogP contribution < -0.4 is 0 Å². The SMILES string of the molecule is CC(C)(C)C1C(=O)CCC1CC(=O)O. The highest BCUT2D eigenvalue weighted by molar-refractivity contribution is 5.85. The minimum Gasteiger partial charge on any atom is -0.481 e. The van der Waals surface area contributed by atoms with Crippen LogP contribution in [0.5, 0.6) is 0 Å². The van der Waals surface area contributed by atoms with Gasteiger partial charge in [0.15, 0.2) is 0 Å². The molecule has 1 rings (SSSR count). The third-order valence-electron chi connectivity index (χ3n) is 2.95. The van der Waals surface area contributed by atoms with E-state index in [1.165, 1.54) is 0 Å². The van der Waals surface area contributed by atoms with Crippen molar-refractivity contribution >= 4 is 11.8 Å². The number of carboxylic acid groups (broad SMARTS) is 1. The lowest BCUT2D eigenvalue weighted by Gasteiger charge is -2.30. The molecule has 0 bridgehead atoms. The first-order chi connectivity index (χ1) is 6.32. The Kier molecular flexibility index (Phi) is 2.98. The van der Waals surface area contributed by atoms with Crippen molar-refractivity contribution in [3.8, 4) is 0 Å². The highest BCUT2D eigenvalue weighted by Gasteiger charge is 2.42. The Morgan fingerprint density at radius 3 is 2.50 bits per heavy atom. The van der Waals surface area contributed by atoms with Gasteiger partial charge in [0.2, 0.25) is 0 Å². The average molecular weight is 198 g/mol. The lowest BCUT2D eigenvalue weighted by molar-refractivity contribution is -0.138. The van der Waals surface area contributed by atoms with Crippen LogP contribution in [0.25, 0.3) is 0 Å². The summed E-state index contributed by atoms with van der Waals surface area (Å²) >= 11 is 0. The molecule has 14 heavy (non-hydrogen) atoms. The van der Waals surface area contributed by atoms with Crippen LogP contribution in [-0.2, 0) is 9.59 Å². The standard InChI is InChI=1S/C11H18O3/c1-11(2,3)10-7(6-9(13)14)4-5-8(10)12/h7,10H,4-6H2,1-3H3,(H,13,14). The minimum atomic E-state index is -0.793. The highest BCUT2D eigenvalue weighted by atomic mass is 16.4. The van der Waals surface area contributed by atoms with Crippen LogP contribution in [0.2, 0.25) is 0 Å². The second kappa shape index (κ2) is 3.71. The van der Waals surface area contributed by atoms with Crippen LogP contribution in [0.1, 0.15) is 40.0 Å². The zero-order valence-corrected chi connectivity index (χ0v) is 9.04. The van der Waals surface area contributed by atoms with Crippen molar-refractivity contribution in [3.63, 3.8) is 0 Å². The summed E-state index contributed by atoms with van der Waals surface area (Å²) in [5, 5.41) is 8.73. The molecule has 3 nitrogen and oxygen atoms in total. The molecule has 2 unspecified atom stereocenters. The lowest BCUT2D eigenvalue weighted by Crippen LogP contribution is -2.30. The molecule has 2 atom stereocenters. The van der Waals surface area contributed by atoms with Crippen LogP contribution in [0.4, 0.5) is 0 Å². The lowest BCUT2D eigenvalue weighted by atomic mass is 9.73. The smallest absolute Gasteiger partial charge is 0.303 e. The largest absolute Gasteiger partial charge is 0.481 e. The Bertz CT molecular complexity index is 250. The number of carboxylic acids is 1. The summed E-state index contributed by atoms with van der Waals surface area (Å²) in [6.07, 6.45) is 1.43. The van der Waals surface area contributed by atoms with Gasteiger partial charge in [0, 0.05) is 18.8 Å². The molecule has 0 aromatic carbocycles. The van der Waals surface area contributed by atoms with Crippen molar-refractivity contribution < 1.29 is 14.7 Å². The van der Waals surface area contributed by atoms with Crippen LogP contribution in [0.3, 0.4) is 0 Å². The van der Waals surface area contributed by atoms with E-state index in [1.54, 1.807) is 0 Å². The van der Waals surface area contributed by atoms with E-state index in [4.69, 9.17) is 5.11 Å². The molecule has 0 amide bonds. The highest BCUT2D eigenvalue weighted by Crippen LogP contribution is 2.42. The molecule has 0 saturated heterocycles. The molecule has 0 radical (unpaired) electrons. The molecule has 1 fully saturated rings. The van der Waals surface area contributed by atoms with E-state index in [0.717, 1.165) is 6.42 Å². The molecule has 80 valence electrons. The molecular weight excluding hydrogens is 180 g/mol. The number of hydrogen-bond acceptors (Lipinski definition) is 2. The molecule has 1 N–H and O–H groups in total. The number of carbonyl (C=O) groups is 2. The van der Waals surface area contributed by atoms with Crippen molar-refractivity contribution in [2.24, 2.45) is 17.3 Å². The Morgan fingerprint density at radius 1 is 1.50 bits per heavy atom. The number of aliphatic carboxylic acids is 1. The van der Waals surface area contributed by atoms with Gasteiger partial charge < -0.3 is 5.11 Å². The molecule has 0 heterocycles. The second-order valence-electron chi connectivity index (χ2n) is 5.21. The summed E-state index contributed by atoms with van der Waals surface area (Å²) in [4.78, 5) is 22.2. The van der Waals surface area contributed by atoms with Gasteiger partial charge in [0.1, 0.15) is 5.78 Å². The van der Waals surface area contributed by atoms with Gasteiger partial charge in [0.25, 0.3) is 0 Å². The first-order valence-corrected chi connectivity index (χ1v) is 5.07. The van der Waals surface area contributed by atoms with Gasteiger partial charge in [-0.25, -0.2) is 0 Å². The molecule has 0 aromatic heterocycles. The fourth-order valence-electron chi connectivity index (χ4n) is 2.55. The van der Waals surface area contributed by atoms with E-state index in [1.807, 2.05) is 20.8 Å². The molecule has 1 saturated carbocycles. The average Bonchev–Trinajstić information content (AvgIpc) is 2.28. The van der Waals surface area contributed by atoms with Gasteiger partial charge in [-0.15, -0.1) is 0 Å². The molecule has 3 heteroatoms. The summed E-state index contributed by atoms with van der Waals surface area (Å²) in [5.74, 6) is -0.582. The van der Waals surface area contributed by atoms with Crippen LogP contribution >= 0.6 is 0 Å². The number of rotatable bonds is 2. The van der Waals surface area contributed by atoms with Crippen molar-refractivity contribution in [2.45, 2.75) is 40.0 Å². The summed E-state index contributed by atoms with van der Waals surface area (Å²) in [5.41, 5.74) is -0.103. The number of carbonyl (C=O) groups excluding carboxylic acids is 1. The summed E-state index contributed by atoms with van der Waals surface area (Å²) in [7, 11) is 0. The normalized spacial score (nSPS) is 28.1. The van der Waals surface area contributed by atoms with E-state index in [9.17, 15) is 9.59 Å². The predicted octanol–water partition coefficient (Wildman–Crippen LogP) is 2.10. The second-order valence-corrected chi connectivity index (χ2v) is 5.21. The third kappa shape index (κ3) is 2.34. The minimum absolute atomic E-state index is 0.0417. The molecule has 0 aliphatic heterocycles. The predicted molar refractivity (Wildman–Crippen MR) is 52.9 cm³/mol. The molecule has 1 aliphatic rings. The van der Waals surface area contributed by atoms with E-state index >= 15 is 0 Å². The number of ketones is 1. The van der Waals surface area contributed by atoms with Gasteiger partial charge in [-0.3, -0.25) is 9.59 Å². The maximum atomic E-state index is 11.6. The maximum Gasteiger partial charge on any atom is 0.303 e. The quantitative estimate of drug-likeness (QED) is 0.739. The first kappa shape index (κ1) is 11.2.